The number of carbonyl (C=O) groups excluding carboxylic acids is 3. The molecule has 2 aliphatic heterocycles. The summed E-state index contributed by atoms with van der Waals surface area (Å²) < 4.78 is 37.3. The number of piperidine rings is 1. The van der Waals surface area contributed by atoms with Crippen LogP contribution in [0.15, 0.2) is 36.5 Å². The molecular weight excluding hydrogens is 511 g/mol. The predicted octanol–water partition coefficient (Wildman–Crippen LogP) is 4.46. The van der Waals surface area contributed by atoms with Gasteiger partial charge in [-0.15, -0.1) is 0 Å². The third kappa shape index (κ3) is 6.51. The van der Waals surface area contributed by atoms with Crippen LogP contribution >= 0.6 is 0 Å². The normalized spacial score (nSPS) is 22.4. The smallest absolute Gasteiger partial charge is 0.384 e. The molecule has 3 heterocycles. The molecule has 3 atom stereocenters. The number of amides is 2. The summed E-state index contributed by atoms with van der Waals surface area (Å²) in [5.41, 5.74) is 7.08. The van der Waals surface area contributed by atoms with Gasteiger partial charge < -0.3 is 21.3 Å². The number of hydrogen-bond donors (Lipinski definition) is 3. The van der Waals surface area contributed by atoms with Crippen LogP contribution in [-0.2, 0) is 0 Å². The fourth-order valence-electron chi connectivity index (χ4n) is 5.66. The van der Waals surface area contributed by atoms with E-state index in [0.717, 1.165) is 45.1 Å². The van der Waals surface area contributed by atoms with Gasteiger partial charge in [-0.2, -0.15) is 13.2 Å². The maximum absolute atomic E-state index is 13.1. The van der Waals surface area contributed by atoms with Crippen molar-refractivity contribution >= 4 is 29.1 Å². The second-order valence-corrected chi connectivity index (χ2v) is 10.8. The molecule has 4 N–H and O–H groups in total. The van der Waals surface area contributed by atoms with E-state index in [4.69, 9.17) is 5.73 Å². The van der Waals surface area contributed by atoms with Crippen molar-refractivity contribution in [2.24, 2.45) is 11.7 Å². The maximum Gasteiger partial charge on any atom is 0.389 e. The maximum atomic E-state index is 13.1. The van der Waals surface area contributed by atoms with Gasteiger partial charge in [0.25, 0.3) is 11.8 Å². The highest BCUT2D eigenvalue weighted by Gasteiger charge is 2.42. The molecule has 0 spiro atoms. The molecule has 5 rings (SSSR count). The summed E-state index contributed by atoms with van der Waals surface area (Å²) in [5, 5.41) is 6.41. The number of hydrogen-bond acceptors (Lipinski definition) is 6. The van der Waals surface area contributed by atoms with E-state index in [1.807, 2.05) is 0 Å². The van der Waals surface area contributed by atoms with Gasteiger partial charge in [0.2, 0.25) is 0 Å². The highest BCUT2D eigenvalue weighted by molar-refractivity contribution is 6.02. The van der Waals surface area contributed by atoms with Gasteiger partial charge in [0.15, 0.2) is 5.78 Å². The third-order valence-corrected chi connectivity index (χ3v) is 7.86. The van der Waals surface area contributed by atoms with E-state index in [1.54, 1.807) is 30.3 Å². The lowest BCUT2D eigenvalue weighted by molar-refractivity contribution is -0.133. The van der Waals surface area contributed by atoms with Gasteiger partial charge in [0, 0.05) is 54.1 Å². The predicted molar refractivity (Wildman–Crippen MR) is 140 cm³/mol. The minimum atomic E-state index is -4.37. The summed E-state index contributed by atoms with van der Waals surface area (Å²) in [5.74, 6) is -0.0577. The average Bonchev–Trinajstić information content (AvgIpc) is 3.69. The fourth-order valence-corrected chi connectivity index (χ4v) is 5.66. The number of nitrogens with two attached hydrogens (primary N) is 1. The van der Waals surface area contributed by atoms with Crippen LogP contribution in [0.3, 0.4) is 0 Å². The van der Waals surface area contributed by atoms with Crippen LogP contribution in [-0.4, -0.2) is 53.4 Å². The highest BCUT2D eigenvalue weighted by Crippen LogP contribution is 2.39. The van der Waals surface area contributed by atoms with Crippen molar-refractivity contribution in [3.63, 3.8) is 0 Å². The number of carbonyl (C=O) groups is 3. The molecule has 0 radical (unpaired) electrons. The first kappa shape index (κ1) is 27.0. The Balaban J connectivity index is 1.20. The lowest BCUT2D eigenvalue weighted by Gasteiger charge is -2.40. The van der Waals surface area contributed by atoms with Crippen LogP contribution < -0.4 is 21.3 Å². The number of rotatable bonds is 10. The first-order chi connectivity index (χ1) is 18.6. The first-order valence-electron chi connectivity index (χ1n) is 13.4. The summed E-state index contributed by atoms with van der Waals surface area (Å²) in [6.07, 6.45) is 0.871. The van der Waals surface area contributed by atoms with E-state index in [1.165, 1.54) is 6.20 Å². The Bertz CT molecular complexity index is 1230. The number of ketones is 1. The molecular formula is C28H32F3N5O3. The lowest BCUT2D eigenvalue weighted by Crippen LogP contribution is -2.50. The molecule has 1 aromatic carbocycles. The van der Waals surface area contributed by atoms with Gasteiger partial charge in [0.1, 0.15) is 5.82 Å². The molecule has 8 nitrogen and oxygen atoms in total. The molecule has 2 amide bonds. The van der Waals surface area contributed by atoms with Gasteiger partial charge in [0.05, 0.1) is 12.0 Å². The molecule has 1 aliphatic carbocycles. The van der Waals surface area contributed by atoms with E-state index in [9.17, 15) is 27.6 Å². The summed E-state index contributed by atoms with van der Waals surface area (Å²) in [7, 11) is 0. The minimum Gasteiger partial charge on any atom is -0.384 e. The molecule has 2 saturated heterocycles. The van der Waals surface area contributed by atoms with Gasteiger partial charge >= 0.3 is 6.18 Å². The van der Waals surface area contributed by atoms with Crippen molar-refractivity contribution in [3.8, 4) is 0 Å². The standard InChI is InChI=1S/C28H32F3N5O3/c29-28(30,31)10-9-24(37)18-4-8-25(34-15-18)36-20-5-6-21(36)13-19(12-20)35-27(39)17-3-7-22(26(32)38)23(11-17)33-14-16-1-2-16/h3-4,7-8,11,15-16,19-21,33H,1-2,5-6,9-10,12-14H2,(H2,32,38)(H,35,39)/t19-,20+,21-. The van der Waals surface area contributed by atoms with Crippen molar-refractivity contribution in [2.45, 2.75) is 75.7 Å². The van der Waals surface area contributed by atoms with Crippen molar-refractivity contribution in [1.29, 1.82) is 0 Å². The van der Waals surface area contributed by atoms with Crippen molar-refractivity contribution in [3.05, 3.63) is 53.2 Å². The van der Waals surface area contributed by atoms with E-state index < -0.39 is 30.7 Å². The molecule has 3 fully saturated rings. The van der Waals surface area contributed by atoms with Gasteiger partial charge in [-0.3, -0.25) is 14.4 Å². The number of benzene rings is 1. The molecule has 1 aromatic heterocycles. The van der Waals surface area contributed by atoms with E-state index in [2.05, 4.69) is 20.5 Å². The minimum absolute atomic E-state index is 0.0341. The van der Waals surface area contributed by atoms with Crippen LogP contribution in [0.5, 0.6) is 0 Å². The zero-order valence-corrected chi connectivity index (χ0v) is 21.5. The number of primary amides is 1. The Morgan fingerprint density at radius 1 is 1.00 bits per heavy atom. The molecule has 1 saturated carbocycles. The van der Waals surface area contributed by atoms with Crippen LogP contribution in [0.2, 0.25) is 0 Å². The molecule has 3 aliphatic rings. The Morgan fingerprint density at radius 3 is 2.28 bits per heavy atom. The van der Waals surface area contributed by atoms with Crippen LogP contribution in [0, 0.1) is 5.92 Å². The Morgan fingerprint density at radius 2 is 1.69 bits per heavy atom. The number of pyridine rings is 1. The average molecular weight is 544 g/mol. The Labute approximate surface area is 224 Å². The summed E-state index contributed by atoms with van der Waals surface area (Å²) >= 11 is 0. The number of Topliss-reactive ketones (excluding diaryl/α,β-unsaturated/α-hetero) is 1. The van der Waals surface area contributed by atoms with Crippen LogP contribution in [0.1, 0.15) is 82.4 Å². The van der Waals surface area contributed by atoms with Crippen molar-refractivity contribution in [1.82, 2.24) is 10.3 Å². The van der Waals surface area contributed by atoms with Gasteiger partial charge in [-0.05, 0) is 74.8 Å². The van der Waals surface area contributed by atoms with Crippen molar-refractivity contribution in [2.75, 3.05) is 16.8 Å². The SMILES string of the molecule is NC(=O)c1ccc(C(=O)N[C@H]2C[C@H]3CC[C@@H](C2)N3c2ccc(C(=O)CCC(F)(F)F)cn2)cc1NCC1CC1. The summed E-state index contributed by atoms with van der Waals surface area (Å²) in [6.45, 7) is 0.740. The van der Waals surface area contributed by atoms with Crippen LogP contribution in [0.4, 0.5) is 24.7 Å². The zero-order valence-electron chi connectivity index (χ0n) is 21.5. The number of nitrogens with one attached hydrogen (secondary N) is 2. The Hall–Kier alpha value is -3.63. The molecule has 11 heteroatoms. The molecule has 0 unspecified atom stereocenters. The second kappa shape index (κ2) is 10.9. The highest BCUT2D eigenvalue weighted by atomic mass is 19.4. The largest absolute Gasteiger partial charge is 0.389 e. The quantitative estimate of drug-likeness (QED) is 0.381. The molecule has 208 valence electrons. The van der Waals surface area contributed by atoms with E-state index >= 15 is 0 Å². The molecule has 2 aromatic rings. The summed E-state index contributed by atoms with van der Waals surface area (Å²) in [6, 6.07) is 8.39. The van der Waals surface area contributed by atoms with E-state index in [-0.39, 0.29) is 29.6 Å². The number of anilines is 2. The van der Waals surface area contributed by atoms with Gasteiger partial charge in [-0.1, -0.05) is 0 Å². The number of fused-ring (bicyclic) bond motifs is 2. The first-order valence-corrected chi connectivity index (χ1v) is 13.4. The second-order valence-electron chi connectivity index (χ2n) is 10.8. The van der Waals surface area contributed by atoms with Crippen LogP contribution in [0.25, 0.3) is 0 Å². The Kier molecular flexibility index (Phi) is 7.51. The fraction of sp³-hybridized carbons (Fsp3) is 0.500. The number of aromatic nitrogens is 1. The molecule has 39 heavy (non-hydrogen) atoms. The molecule has 2 bridgehead atoms. The zero-order chi connectivity index (χ0) is 27.7. The number of alkyl halides is 3. The monoisotopic (exact) mass is 543 g/mol. The summed E-state index contributed by atoms with van der Waals surface area (Å²) in [4.78, 5) is 43.7. The lowest BCUT2D eigenvalue weighted by atomic mass is 9.96. The number of nitrogens with zero attached hydrogens (tertiary/aromatic N) is 2. The topological polar surface area (TPSA) is 117 Å². The van der Waals surface area contributed by atoms with Gasteiger partial charge in [-0.25, -0.2) is 4.98 Å². The third-order valence-electron chi connectivity index (χ3n) is 7.86. The van der Waals surface area contributed by atoms with Crippen molar-refractivity contribution < 1.29 is 27.6 Å². The van der Waals surface area contributed by atoms with E-state index in [0.29, 0.717) is 28.6 Å². The number of halogens is 3.